The lowest BCUT2D eigenvalue weighted by Crippen LogP contribution is -2.06. The van der Waals surface area contributed by atoms with Gasteiger partial charge in [-0.3, -0.25) is 9.67 Å². The molecule has 5 nitrogen and oxygen atoms in total. The van der Waals surface area contributed by atoms with Crippen LogP contribution in [-0.2, 0) is 7.05 Å². The third kappa shape index (κ3) is 2.01. The van der Waals surface area contributed by atoms with E-state index in [9.17, 15) is 5.11 Å². The van der Waals surface area contributed by atoms with Gasteiger partial charge in [0.25, 0.3) is 0 Å². The van der Waals surface area contributed by atoms with Crippen LogP contribution in [0.1, 0.15) is 23.1 Å². The Balaban J connectivity index is 2.43. The molecule has 1 atom stereocenters. The number of hydrogen-bond donors (Lipinski definition) is 1. The Morgan fingerprint density at radius 1 is 1.47 bits per heavy atom. The largest absolute Gasteiger partial charge is 0.495 e. The van der Waals surface area contributed by atoms with Crippen molar-refractivity contribution in [3.05, 3.63) is 41.5 Å². The fourth-order valence-electron chi connectivity index (χ4n) is 1.71. The molecule has 2 rings (SSSR count). The van der Waals surface area contributed by atoms with Crippen molar-refractivity contribution in [3.63, 3.8) is 0 Å². The number of ether oxygens (including phenoxy) is 1. The molecule has 2 heterocycles. The van der Waals surface area contributed by atoms with Crippen LogP contribution in [-0.4, -0.2) is 27.0 Å². The molecule has 0 aliphatic carbocycles. The Morgan fingerprint density at radius 2 is 2.24 bits per heavy atom. The summed E-state index contributed by atoms with van der Waals surface area (Å²) in [7, 11) is 3.39. The predicted octanol–water partition coefficient (Wildman–Crippen LogP) is 1.21. The molecular weight excluding hydrogens is 218 g/mol. The maximum Gasteiger partial charge on any atom is 0.143 e. The molecule has 2 aromatic rings. The van der Waals surface area contributed by atoms with E-state index in [0.717, 1.165) is 11.3 Å². The van der Waals surface area contributed by atoms with E-state index in [4.69, 9.17) is 4.74 Å². The van der Waals surface area contributed by atoms with E-state index in [2.05, 4.69) is 10.1 Å². The quantitative estimate of drug-likeness (QED) is 0.865. The van der Waals surface area contributed by atoms with Crippen LogP contribution < -0.4 is 4.74 Å². The number of aromatic nitrogens is 3. The van der Waals surface area contributed by atoms with Gasteiger partial charge < -0.3 is 9.84 Å². The molecule has 0 aliphatic rings. The number of pyridine rings is 1. The van der Waals surface area contributed by atoms with Gasteiger partial charge in [0.2, 0.25) is 0 Å². The lowest BCUT2D eigenvalue weighted by atomic mass is 10.1. The first-order valence-electron chi connectivity index (χ1n) is 5.30. The number of aryl methyl sites for hydroxylation is 1. The zero-order valence-electron chi connectivity index (χ0n) is 10.1. The average Bonchev–Trinajstić information content (AvgIpc) is 2.69. The minimum absolute atomic E-state index is 0.506. The fourth-order valence-corrected chi connectivity index (χ4v) is 1.71. The molecule has 90 valence electrons. The van der Waals surface area contributed by atoms with Crippen molar-refractivity contribution in [3.8, 4) is 5.75 Å². The monoisotopic (exact) mass is 233 g/mol. The molecule has 17 heavy (non-hydrogen) atoms. The standard InChI is InChI=1S/C12H15N3O2/c1-8-9(7-14-15(8)2)12(16)11-10(17-3)5-4-6-13-11/h4-7,12,16H,1-3H3. The number of hydrogen-bond acceptors (Lipinski definition) is 4. The Labute approximate surface area is 99.7 Å². The van der Waals surface area contributed by atoms with Crippen LogP contribution in [0.25, 0.3) is 0 Å². The number of aliphatic hydroxyl groups excluding tert-OH is 1. The highest BCUT2D eigenvalue weighted by Gasteiger charge is 2.20. The summed E-state index contributed by atoms with van der Waals surface area (Å²) in [6, 6.07) is 3.54. The number of nitrogens with zero attached hydrogens (tertiary/aromatic N) is 3. The molecular formula is C12H15N3O2. The van der Waals surface area contributed by atoms with E-state index < -0.39 is 6.10 Å². The second-order valence-electron chi connectivity index (χ2n) is 3.80. The second kappa shape index (κ2) is 4.55. The zero-order valence-corrected chi connectivity index (χ0v) is 10.1. The smallest absolute Gasteiger partial charge is 0.143 e. The van der Waals surface area contributed by atoms with Gasteiger partial charge in [-0.05, 0) is 19.1 Å². The van der Waals surface area contributed by atoms with Crippen LogP contribution in [0.15, 0.2) is 24.5 Å². The number of aliphatic hydroxyl groups is 1. The fraction of sp³-hybridized carbons (Fsp3) is 0.333. The van der Waals surface area contributed by atoms with Crippen LogP contribution >= 0.6 is 0 Å². The second-order valence-corrected chi connectivity index (χ2v) is 3.80. The number of rotatable bonds is 3. The highest BCUT2D eigenvalue weighted by molar-refractivity contribution is 5.35. The molecule has 0 saturated carbocycles. The SMILES string of the molecule is COc1cccnc1C(O)c1cnn(C)c1C. The summed E-state index contributed by atoms with van der Waals surface area (Å²) >= 11 is 0. The van der Waals surface area contributed by atoms with Gasteiger partial charge in [0.05, 0.1) is 13.3 Å². The highest BCUT2D eigenvalue weighted by atomic mass is 16.5. The molecule has 0 bridgehead atoms. The zero-order chi connectivity index (χ0) is 12.4. The summed E-state index contributed by atoms with van der Waals surface area (Å²) < 4.78 is 6.90. The Morgan fingerprint density at radius 3 is 2.82 bits per heavy atom. The van der Waals surface area contributed by atoms with Gasteiger partial charge in [-0.25, -0.2) is 0 Å². The van der Waals surface area contributed by atoms with E-state index in [1.54, 1.807) is 36.3 Å². The van der Waals surface area contributed by atoms with Crippen molar-refractivity contribution >= 4 is 0 Å². The minimum Gasteiger partial charge on any atom is -0.495 e. The summed E-state index contributed by atoms with van der Waals surface area (Å²) in [5.74, 6) is 0.572. The van der Waals surface area contributed by atoms with Crippen LogP contribution in [0.4, 0.5) is 0 Å². The maximum atomic E-state index is 10.3. The Hall–Kier alpha value is -1.88. The van der Waals surface area contributed by atoms with Gasteiger partial charge in [-0.1, -0.05) is 0 Å². The van der Waals surface area contributed by atoms with E-state index in [1.807, 2.05) is 14.0 Å². The lowest BCUT2D eigenvalue weighted by molar-refractivity contribution is 0.208. The molecule has 1 N–H and O–H groups in total. The van der Waals surface area contributed by atoms with E-state index >= 15 is 0 Å². The molecule has 0 aromatic carbocycles. The molecule has 0 amide bonds. The molecule has 1 unspecified atom stereocenters. The van der Waals surface area contributed by atoms with Gasteiger partial charge in [-0.2, -0.15) is 5.10 Å². The third-order valence-corrected chi connectivity index (χ3v) is 2.85. The van der Waals surface area contributed by atoms with E-state index in [-0.39, 0.29) is 0 Å². The summed E-state index contributed by atoms with van der Waals surface area (Å²) in [6.07, 6.45) is 2.46. The number of methoxy groups -OCH3 is 1. The van der Waals surface area contributed by atoms with Crippen molar-refractivity contribution in [2.45, 2.75) is 13.0 Å². The van der Waals surface area contributed by atoms with Crippen LogP contribution in [0.2, 0.25) is 0 Å². The van der Waals surface area contributed by atoms with E-state index in [1.165, 1.54) is 0 Å². The molecule has 0 fully saturated rings. The topological polar surface area (TPSA) is 60.2 Å². The molecule has 0 aliphatic heterocycles. The van der Waals surface area contributed by atoms with Crippen molar-refractivity contribution in [2.24, 2.45) is 7.05 Å². The first-order valence-corrected chi connectivity index (χ1v) is 5.30. The van der Waals surface area contributed by atoms with Crippen LogP contribution in [0.3, 0.4) is 0 Å². The average molecular weight is 233 g/mol. The highest BCUT2D eigenvalue weighted by Crippen LogP contribution is 2.28. The first kappa shape index (κ1) is 11.6. The van der Waals surface area contributed by atoms with E-state index in [0.29, 0.717) is 11.4 Å². The minimum atomic E-state index is -0.820. The summed E-state index contributed by atoms with van der Waals surface area (Å²) in [5, 5.41) is 14.4. The van der Waals surface area contributed by atoms with Crippen LogP contribution in [0, 0.1) is 6.92 Å². The third-order valence-electron chi connectivity index (χ3n) is 2.85. The summed E-state index contributed by atoms with van der Waals surface area (Å²) in [5.41, 5.74) is 2.15. The normalized spacial score (nSPS) is 12.5. The van der Waals surface area contributed by atoms with Crippen molar-refractivity contribution in [1.29, 1.82) is 0 Å². The molecule has 5 heteroatoms. The molecule has 0 spiro atoms. The summed E-state index contributed by atoms with van der Waals surface area (Å²) in [4.78, 5) is 4.16. The van der Waals surface area contributed by atoms with Gasteiger partial charge >= 0.3 is 0 Å². The predicted molar refractivity (Wildman–Crippen MR) is 62.8 cm³/mol. The molecule has 2 aromatic heterocycles. The van der Waals surface area contributed by atoms with Crippen LogP contribution in [0.5, 0.6) is 5.75 Å². The Bertz CT molecular complexity index is 522. The van der Waals surface area contributed by atoms with Gasteiger partial charge in [-0.15, -0.1) is 0 Å². The van der Waals surface area contributed by atoms with Crippen molar-refractivity contribution < 1.29 is 9.84 Å². The first-order chi connectivity index (χ1) is 8.15. The Kier molecular flexibility index (Phi) is 3.10. The molecule has 0 saturated heterocycles. The summed E-state index contributed by atoms with van der Waals surface area (Å²) in [6.45, 7) is 1.90. The van der Waals surface area contributed by atoms with Gasteiger partial charge in [0.15, 0.2) is 0 Å². The van der Waals surface area contributed by atoms with Crippen molar-refractivity contribution in [1.82, 2.24) is 14.8 Å². The van der Waals surface area contributed by atoms with Crippen molar-refractivity contribution in [2.75, 3.05) is 7.11 Å². The van der Waals surface area contributed by atoms with Gasteiger partial charge in [0, 0.05) is 24.5 Å². The maximum absolute atomic E-state index is 10.3. The molecule has 0 radical (unpaired) electrons. The van der Waals surface area contributed by atoms with Gasteiger partial charge in [0.1, 0.15) is 17.5 Å². The lowest BCUT2D eigenvalue weighted by Gasteiger charge is -2.13.